The Bertz CT molecular complexity index is 340. The number of amides is 2. The molecule has 1 saturated heterocycles. The maximum atomic E-state index is 12.1. The second kappa shape index (κ2) is 6.37. The molecule has 1 unspecified atom stereocenters. The van der Waals surface area contributed by atoms with Crippen LogP contribution >= 0.6 is 0 Å². The second-order valence-electron chi connectivity index (χ2n) is 5.62. The molecule has 1 N–H and O–H groups in total. The summed E-state index contributed by atoms with van der Waals surface area (Å²) >= 11 is 0. The highest BCUT2D eigenvalue weighted by Gasteiger charge is 2.32. The van der Waals surface area contributed by atoms with E-state index in [1.807, 2.05) is 14.0 Å². The largest absolute Gasteiger partial charge is 0.332 e. The van der Waals surface area contributed by atoms with Gasteiger partial charge < -0.3 is 15.1 Å². The van der Waals surface area contributed by atoms with Crippen LogP contribution in [0, 0.1) is 5.92 Å². The first kappa shape index (κ1) is 14.3. The summed E-state index contributed by atoms with van der Waals surface area (Å²) < 4.78 is 0. The number of nitrogens with one attached hydrogen (secondary N) is 1. The molecule has 1 aliphatic heterocycles. The molecular weight excluding hydrogens is 242 g/mol. The number of hydrogen-bond donors (Lipinski definition) is 1. The average Bonchev–Trinajstić information content (AvgIpc) is 2.93. The number of hydrogen-bond acceptors (Lipinski definition) is 3. The van der Waals surface area contributed by atoms with E-state index in [0.29, 0.717) is 25.0 Å². The molecule has 0 aromatic rings. The molecule has 0 radical (unpaired) electrons. The van der Waals surface area contributed by atoms with Crippen molar-refractivity contribution in [3.63, 3.8) is 0 Å². The molecule has 19 heavy (non-hydrogen) atoms. The summed E-state index contributed by atoms with van der Waals surface area (Å²) in [4.78, 5) is 27.3. The third-order valence-electron chi connectivity index (χ3n) is 4.50. The summed E-state index contributed by atoms with van der Waals surface area (Å²) in [6, 6.07) is 0.326. The maximum absolute atomic E-state index is 12.1. The normalized spacial score (nSPS) is 23.3. The van der Waals surface area contributed by atoms with Gasteiger partial charge >= 0.3 is 0 Å². The monoisotopic (exact) mass is 267 g/mol. The Hall–Kier alpha value is -1.10. The van der Waals surface area contributed by atoms with Crippen LogP contribution in [0.1, 0.15) is 32.6 Å². The standard InChI is InChI=1S/C14H25N3O2/c1-3-16-9-14(19)17(10-13(16)18)8-12(15-2)11-6-4-5-7-11/h11-12,15H,3-10H2,1-2H3. The third kappa shape index (κ3) is 3.26. The zero-order chi connectivity index (χ0) is 13.8. The number of rotatable bonds is 5. The van der Waals surface area contributed by atoms with E-state index in [0.717, 1.165) is 0 Å². The number of carbonyl (C=O) groups excluding carboxylic acids is 2. The van der Waals surface area contributed by atoms with E-state index in [1.54, 1.807) is 9.80 Å². The highest BCUT2D eigenvalue weighted by atomic mass is 16.2. The van der Waals surface area contributed by atoms with Crippen molar-refractivity contribution in [2.24, 2.45) is 5.92 Å². The molecule has 2 aliphatic rings. The summed E-state index contributed by atoms with van der Waals surface area (Å²) in [6.07, 6.45) is 5.06. The molecule has 1 heterocycles. The molecule has 5 nitrogen and oxygen atoms in total. The highest BCUT2D eigenvalue weighted by Crippen LogP contribution is 2.28. The van der Waals surface area contributed by atoms with Crippen LogP contribution in [-0.2, 0) is 9.59 Å². The molecule has 2 amide bonds. The minimum Gasteiger partial charge on any atom is -0.332 e. The molecule has 1 aliphatic carbocycles. The van der Waals surface area contributed by atoms with E-state index in [4.69, 9.17) is 0 Å². The number of carbonyl (C=O) groups is 2. The van der Waals surface area contributed by atoms with Gasteiger partial charge in [-0.2, -0.15) is 0 Å². The first-order chi connectivity index (χ1) is 9.15. The smallest absolute Gasteiger partial charge is 0.242 e. The zero-order valence-corrected chi connectivity index (χ0v) is 12.0. The lowest BCUT2D eigenvalue weighted by atomic mass is 9.97. The van der Waals surface area contributed by atoms with Crippen LogP contribution in [0.5, 0.6) is 0 Å². The van der Waals surface area contributed by atoms with Crippen molar-refractivity contribution >= 4 is 11.8 Å². The second-order valence-corrected chi connectivity index (χ2v) is 5.62. The Morgan fingerprint density at radius 2 is 1.74 bits per heavy atom. The first-order valence-corrected chi connectivity index (χ1v) is 7.38. The van der Waals surface area contributed by atoms with Crippen molar-refractivity contribution in [3.05, 3.63) is 0 Å². The highest BCUT2D eigenvalue weighted by molar-refractivity contribution is 5.92. The van der Waals surface area contributed by atoms with Crippen molar-refractivity contribution < 1.29 is 9.59 Å². The van der Waals surface area contributed by atoms with Crippen LogP contribution in [0.2, 0.25) is 0 Å². The number of piperazine rings is 1. The summed E-state index contributed by atoms with van der Waals surface area (Å²) in [5, 5.41) is 3.33. The van der Waals surface area contributed by atoms with Crippen molar-refractivity contribution in [1.82, 2.24) is 15.1 Å². The van der Waals surface area contributed by atoms with Crippen molar-refractivity contribution in [2.45, 2.75) is 38.6 Å². The van der Waals surface area contributed by atoms with Crippen molar-refractivity contribution in [1.29, 1.82) is 0 Å². The van der Waals surface area contributed by atoms with Gasteiger partial charge in [-0.25, -0.2) is 0 Å². The quantitative estimate of drug-likeness (QED) is 0.787. The van der Waals surface area contributed by atoms with Gasteiger partial charge in [-0.3, -0.25) is 9.59 Å². The number of likely N-dealkylation sites (N-methyl/N-ethyl adjacent to an activating group) is 2. The fraction of sp³-hybridized carbons (Fsp3) is 0.857. The zero-order valence-electron chi connectivity index (χ0n) is 12.0. The van der Waals surface area contributed by atoms with Crippen LogP contribution in [0.25, 0.3) is 0 Å². The average molecular weight is 267 g/mol. The van der Waals surface area contributed by atoms with Crippen molar-refractivity contribution in [3.8, 4) is 0 Å². The SMILES string of the molecule is CCN1CC(=O)N(CC(NC)C2CCCC2)CC1=O. The molecule has 1 saturated carbocycles. The van der Waals surface area contributed by atoms with Gasteiger partial charge in [0.25, 0.3) is 0 Å². The van der Waals surface area contributed by atoms with Gasteiger partial charge in [-0.1, -0.05) is 12.8 Å². The molecular formula is C14H25N3O2. The van der Waals surface area contributed by atoms with E-state index in [1.165, 1.54) is 25.7 Å². The summed E-state index contributed by atoms with van der Waals surface area (Å²) in [5.41, 5.74) is 0. The Morgan fingerprint density at radius 1 is 1.16 bits per heavy atom. The fourth-order valence-electron chi connectivity index (χ4n) is 3.23. The molecule has 5 heteroatoms. The van der Waals surface area contributed by atoms with Gasteiger partial charge in [0.1, 0.15) is 0 Å². The van der Waals surface area contributed by atoms with Gasteiger partial charge in [0, 0.05) is 19.1 Å². The lowest BCUT2D eigenvalue weighted by Gasteiger charge is -2.36. The van der Waals surface area contributed by atoms with Crippen LogP contribution < -0.4 is 5.32 Å². The lowest BCUT2D eigenvalue weighted by molar-refractivity contribution is -0.150. The first-order valence-electron chi connectivity index (χ1n) is 7.38. The predicted molar refractivity (Wildman–Crippen MR) is 73.6 cm³/mol. The van der Waals surface area contributed by atoms with Gasteiger partial charge in [0.15, 0.2) is 0 Å². The van der Waals surface area contributed by atoms with Crippen molar-refractivity contribution in [2.75, 3.05) is 33.2 Å². The summed E-state index contributed by atoms with van der Waals surface area (Å²) in [6.45, 7) is 3.70. The third-order valence-corrected chi connectivity index (χ3v) is 4.50. The van der Waals surface area contributed by atoms with Crippen LogP contribution in [0.4, 0.5) is 0 Å². The van der Waals surface area contributed by atoms with E-state index < -0.39 is 0 Å². The van der Waals surface area contributed by atoms with Gasteiger partial charge in [0.2, 0.25) is 11.8 Å². The maximum Gasteiger partial charge on any atom is 0.242 e. The van der Waals surface area contributed by atoms with E-state index in [-0.39, 0.29) is 24.9 Å². The molecule has 2 fully saturated rings. The fourth-order valence-corrected chi connectivity index (χ4v) is 3.23. The molecule has 0 spiro atoms. The molecule has 0 bridgehead atoms. The Labute approximate surface area is 115 Å². The predicted octanol–water partition coefficient (Wildman–Crippen LogP) is 0.455. The molecule has 0 aromatic carbocycles. The summed E-state index contributed by atoms with van der Waals surface area (Å²) in [7, 11) is 1.96. The topological polar surface area (TPSA) is 52.7 Å². The van der Waals surface area contributed by atoms with Crippen LogP contribution in [-0.4, -0.2) is 60.9 Å². The molecule has 108 valence electrons. The van der Waals surface area contributed by atoms with Gasteiger partial charge in [-0.15, -0.1) is 0 Å². The van der Waals surface area contributed by atoms with Crippen LogP contribution in [0.3, 0.4) is 0 Å². The minimum absolute atomic E-state index is 0.0726. The van der Waals surface area contributed by atoms with Gasteiger partial charge in [-0.05, 0) is 32.7 Å². The lowest BCUT2D eigenvalue weighted by Crippen LogP contribution is -2.57. The van der Waals surface area contributed by atoms with E-state index in [2.05, 4.69) is 5.32 Å². The Morgan fingerprint density at radius 3 is 2.32 bits per heavy atom. The van der Waals surface area contributed by atoms with Gasteiger partial charge in [0.05, 0.1) is 13.1 Å². The molecule has 1 atom stereocenters. The number of nitrogens with zero attached hydrogens (tertiary/aromatic N) is 2. The van der Waals surface area contributed by atoms with E-state index >= 15 is 0 Å². The Balaban J connectivity index is 1.93. The van der Waals surface area contributed by atoms with E-state index in [9.17, 15) is 9.59 Å². The minimum atomic E-state index is 0.0726. The molecule has 2 rings (SSSR count). The summed E-state index contributed by atoms with van der Waals surface area (Å²) in [5.74, 6) is 0.806. The van der Waals surface area contributed by atoms with Crippen LogP contribution in [0.15, 0.2) is 0 Å². The molecule has 0 aromatic heterocycles. The Kier molecular flexibility index (Phi) is 4.80.